The second kappa shape index (κ2) is 17.9. The molecule has 1 aliphatic carbocycles. The summed E-state index contributed by atoms with van der Waals surface area (Å²) in [4.78, 5) is 68.4. The lowest BCUT2D eigenvalue weighted by Crippen LogP contribution is -2.70. The number of benzene rings is 4. The Kier molecular flexibility index (Phi) is 12.8. The molecular weight excluding hydrogens is 678 g/mol. The van der Waals surface area contributed by atoms with Crippen molar-refractivity contribution in [2.45, 2.75) is 45.8 Å². The standard InChI is InChI=1S/C41H43N3O9/c1-3-23-43(25-27-15-19-31(20-16-27)52-29-11-7-5-8-12-29)38(46)33-34(36(35(33)40(48)49)42-37(45)41(50)51)39(47)44(24-4-2)26-28-17-21-32(22-18-28)53-30-13-9-6-10-14-30/h5-22,33-36H,3-4,23-26H2,1-2H3,(H,42,45)(H,48,49)(H,50,51)/t33-,34-,35-,36-/m1/s1. The Morgan fingerprint density at radius 1 is 0.566 bits per heavy atom. The van der Waals surface area contributed by atoms with Crippen LogP contribution in [-0.2, 0) is 37.1 Å². The first kappa shape index (κ1) is 38.1. The van der Waals surface area contributed by atoms with E-state index in [0.29, 0.717) is 35.8 Å². The van der Waals surface area contributed by atoms with Crippen LogP contribution in [0.25, 0.3) is 0 Å². The monoisotopic (exact) mass is 721 g/mol. The van der Waals surface area contributed by atoms with Gasteiger partial charge in [-0.3, -0.25) is 19.2 Å². The van der Waals surface area contributed by atoms with Crippen molar-refractivity contribution in [3.8, 4) is 23.0 Å². The van der Waals surface area contributed by atoms with E-state index in [1.807, 2.05) is 74.5 Å². The second-order valence-electron chi connectivity index (χ2n) is 12.9. The number of carboxylic acid groups (broad SMARTS) is 2. The minimum Gasteiger partial charge on any atom is -0.481 e. The molecule has 0 spiro atoms. The molecule has 0 heterocycles. The Hall–Kier alpha value is -6.17. The maximum absolute atomic E-state index is 14.4. The number of hydrogen-bond donors (Lipinski definition) is 3. The molecule has 0 aromatic heterocycles. The van der Waals surface area contributed by atoms with Gasteiger partial charge in [-0.2, -0.15) is 0 Å². The van der Waals surface area contributed by atoms with Gasteiger partial charge in [-0.15, -0.1) is 0 Å². The molecule has 276 valence electrons. The summed E-state index contributed by atoms with van der Waals surface area (Å²) in [5, 5.41) is 21.9. The highest BCUT2D eigenvalue weighted by Gasteiger charge is 2.62. The van der Waals surface area contributed by atoms with Crippen molar-refractivity contribution in [3.63, 3.8) is 0 Å². The fourth-order valence-electron chi connectivity index (χ4n) is 6.57. The number of para-hydroxylation sites is 2. The van der Waals surface area contributed by atoms with Gasteiger partial charge in [0.2, 0.25) is 11.8 Å². The summed E-state index contributed by atoms with van der Waals surface area (Å²) >= 11 is 0. The molecule has 0 saturated heterocycles. The van der Waals surface area contributed by atoms with E-state index in [0.717, 1.165) is 11.1 Å². The minimum absolute atomic E-state index is 0.128. The summed E-state index contributed by atoms with van der Waals surface area (Å²) in [6, 6.07) is 31.4. The van der Waals surface area contributed by atoms with Gasteiger partial charge in [0.05, 0.1) is 23.8 Å². The van der Waals surface area contributed by atoms with Crippen LogP contribution in [0.1, 0.15) is 37.8 Å². The number of ether oxygens (including phenoxy) is 2. The Labute approximate surface area is 307 Å². The van der Waals surface area contributed by atoms with Crippen LogP contribution in [0.15, 0.2) is 109 Å². The Balaban J connectivity index is 1.39. The Morgan fingerprint density at radius 2 is 0.962 bits per heavy atom. The van der Waals surface area contributed by atoms with Crippen LogP contribution >= 0.6 is 0 Å². The molecule has 1 fully saturated rings. The van der Waals surface area contributed by atoms with Crippen molar-refractivity contribution in [3.05, 3.63) is 120 Å². The molecule has 0 unspecified atom stereocenters. The number of carbonyl (C=O) groups excluding carboxylic acids is 3. The normalized spacial score (nSPS) is 17.5. The largest absolute Gasteiger partial charge is 0.481 e. The van der Waals surface area contributed by atoms with Crippen molar-refractivity contribution in [1.29, 1.82) is 0 Å². The van der Waals surface area contributed by atoms with Gasteiger partial charge in [0.1, 0.15) is 23.0 Å². The average molecular weight is 722 g/mol. The van der Waals surface area contributed by atoms with Crippen molar-refractivity contribution in [1.82, 2.24) is 15.1 Å². The number of hydrogen-bond acceptors (Lipinski definition) is 7. The zero-order valence-corrected chi connectivity index (χ0v) is 29.6. The van der Waals surface area contributed by atoms with E-state index in [1.54, 1.807) is 48.5 Å². The van der Waals surface area contributed by atoms with Gasteiger partial charge >= 0.3 is 17.8 Å². The van der Waals surface area contributed by atoms with Crippen LogP contribution in [-0.4, -0.2) is 68.8 Å². The highest BCUT2D eigenvalue weighted by Crippen LogP contribution is 2.44. The topological polar surface area (TPSA) is 163 Å². The summed E-state index contributed by atoms with van der Waals surface area (Å²) in [7, 11) is 0. The SMILES string of the molecule is CCCN(Cc1ccc(Oc2ccccc2)cc1)C(=O)[C@H]1[C@@H](C(=O)O)[C@H](NC(=O)C(=O)O)[C@@H]1C(=O)N(CCC)Cc1ccc(Oc2ccccc2)cc1. The molecule has 5 rings (SSSR count). The van der Waals surface area contributed by atoms with E-state index in [-0.39, 0.29) is 26.2 Å². The number of amides is 3. The highest BCUT2D eigenvalue weighted by atomic mass is 16.5. The number of carbonyl (C=O) groups is 5. The first-order valence-electron chi connectivity index (χ1n) is 17.6. The second-order valence-corrected chi connectivity index (χ2v) is 12.9. The van der Waals surface area contributed by atoms with Crippen LogP contribution in [0, 0.1) is 17.8 Å². The molecule has 0 radical (unpaired) electrons. The van der Waals surface area contributed by atoms with E-state index >= 15 is 0 Å². The lowest BCUT2D eigenvalue weighted by molar-refractivity contribution is -0.175. The number of aliphatic carboxylic acids is 2. The van der Waals surface area contributed by atoms with Crippen LogP contribution in [0.2, 0.25) is 0 Å². The molecule has 4 atom stereocenters. The summed E-state index contributed by atoms with van der Waals surface area (Å²) < 4.78 is 11.8. The fourth-order valence-corrected chi connectivity index (χ4v) is 6.57. The maximum atomic E-state index is 14.4. The minimum atomic E-state index is -1.83. The number of nitrogens with zero attached hydrogens (tertiary/aromatic N) is 2. The molecular formula is C41H43N3O9. The number of rotatable bonds is 16. The van der Waals surface area contributed by atoms with E-state index in [9.17, 15) is 34.2 Å². The van der Waals surface area contributed by atoms with Gasteiger partial charge in [0.25, 0.3) is 0 Å². The summed E-state index contributed by atoms with van der Waals surface area (Å²) in [6.45, 7) is 4.56. The molecule has 12 nitrogen and oxygen atoms in total. The summed E-state index contributed by atoms with van der Waals surface area (Å²) in [5.74, 6) is -7.51. The third-order valence-corrected chi connectivity index (χ3v) is 9.06. The molecule has 0 aliphatic heterocycles. The number of carboxylic acids is 2. The highest BCUT2D eigenvalue weighted by molar-refractivity contribution is 6.31. The zero-order chi connectivity index (χ0) is 37.9. The summed E-state index contributed by atoms with van der Waals surface area (Å²) in [5.41, 5.74) is 1.51. The molecule has 12 heteroatoms. The van der Waals surface area contributed by atoms with Crippen LogP contribution in [0.4, 0.5) is 0 Å². The predicted octanol–water partition coefficient (Wildman–Crippen LogP) is 5.96. The Morgan fingerprint density at radius 3 is 1.34 bits per heavy atom. The molecule has 1 saturated carbocycles. The van der Waals surface area contributed by atoms with Crippen molar-refractivity contribution >= 4 is 29.7 Å². The molecule has 4 aromatic carbocycles. The Bertz CT molecular complexity index is 1870. The van der Waals surface area contributed by atoms with Gasteiger partial charge in [0.15, 0.2) is 0 Å². The molecule has 4 aromatic rings. The van der Waals surface area contributed by atoms with Gasteiger partial charge in [-0.1, -0.05) is 74.5 Å². The van der Waals surface area contributed by atoms with E-state index in [2.05, 4.69) is 5.32 Å². The predicted molar refractivity (Wildman–Crippen MR) is 195 cm³/mol. The van der Waals surface area contributed by atoms with E-state index in [4.69, 9.17) is 9.47 Å². The lowest BCUT2D eigenvalue weighted by atomic mass is 9.59. The van der Waals surface area contributed by atoms with E-state index < -0.39 is 53.5 Å². The van der Waals surface area contributed by atoms with Crippen LogP contribution < -0.4 is 14.8 Å². The smallest absolute Gasteiger partial charge is 0.394 e. The van der Waals surface area contributed by atoms with Crippen molar-refractivity contribution in [2.75, 3.05) is 13.1 Å². The molecule has 53 heavy (non-hydrogen) atoms. The quantitative estimate of drug-likeness (QED) is 0.118. The fraction of sp³-hybridized carbons (Fsp3) is 0.293. The molecule has 1 aliphatic rings. The van der Waals surface area contributed by atoms with Crippen LogP contribution in [0.5, 0.6) is 23.0 Å². The van der Waals surface area contributed by atoms with Gasteiger partial charge in [-0.25, -0.2) is 4.79 Å². The molecule has 3 N–H and O–H groups in total. The molecule has 3 amide bonds. The lowest BCUT2D eigenvalue weighted by Gasteiger charge is -2.50. The van der Waals surface area contributed by atoms with Gasteiger partial charge < -0.3 is 34.8 Å². The average Bonchev–Trinajstić information content (AvgIpc) is 3.14. The van der Waals surface area contributed by atoms with Gasteiger partial charge in [-0.05, 0) is 72.5 Å². The van der Waals surface area contributed by atoms with Crippen LogP contribution in [0.3, 0.4) is 0 Å². The first-order valence-corrected chi connectivity index (χ1v) is 17.6. The van der Waals surface area contributed by atoms with E-state index in [1.165, 1.54) is 9.80 Å². The zero-order valence-electron chi connectivity index (χ0n) is 29.6. The third kappa shape index (κ3) is 9.59. The first-order chi connectivity index (χ1) is 25.6. The summed E-state index contributed by atoms with van der Waals surface area (Å²) in [6.07, 6.45) is 1.10. The third-order valence-electron chi connectivity index (χ3n) is 9.06. The molecule has 0 bridgehead atoms. The van der Waals surface area contributed by atoms with Gasteiger partial charge in [0, 0.05) is 26.2 Å². The maximum Gasteiger partial charge on any atom is 0.394 e. The van der Waals surface area contributed by atoms with Crippen molar-refractivity contribution in [2.24, 2.45) is 17.8 Å². The number of nitrogens with one attached hydrogen (secondary N) is 1. The van der Waals surface area contributed by atoms with Crippen molar-refractivity contribution < 1.29 is 43.7 Å².